The van der Waals surface area contributed by atoms with Gasteiger partial charge in [-0.2, -0.15) is 0 Å². The number of primary sulfonamides is 1. The molecule has 3 rings (SSSR count). The molecule has 9 nitrogen and oxygen atoms in total. The van der Waals surface area contributed by atoms with E-state index in [9.17, 15) is 18.0 Å². The van der Waals surface area contributed by atoms with Crippen molar-refractivity contribution in [1.29, 1.82) is 0 Å². The van der Waals surface area contributed by atoms with Gasteiger partial charge >= 0.3 is 0 Å². The second kappa shape index (κ2) is 8.61. The van der Waals surface area contributed by atoms with Crippen molar-refractivity contribution in [3.05, 3.63) is 59.8 Å². The van der Waals surface area contributed by atoms with Crippen LogP contribution in [0.1, 0.15) is 5.56 Å². The number of methoxy groups -OCH3 is 1. The van der Waals surface area contributed by atoms with Crippen molar-refractivity contribution < 1.29 is 22.7 Å². The molecule has 2 aromatic carbocycles. The summed E-state index contributed by atoms with van der Waals surface area (Å²) in [7, 11) is -2.26. The molecule has 0 atom stereocenters. The molecule has 0 saturated carbocycles. The number of nitrogens with one attached hydrogen (secondary N) is 2. The van der Waals surface area contributed by atoms with Crippen molar-refractivity contribution in [2.75, 3.05) is 19.0 Å². The highest BCUT2D eigenvalue weighted by atomic mass is 32.2. The number of amides is 2. The van der Waals surface area contributed by atoms with Gasteiger partial charge in [0.15, 0.2) is 5.11 Å². The fourth-order valence-electron chi connectivity index (χ4n) is 2.65. The van der Waals surface area contributed by atoms with Gasteiger partial charge in [-0.15, -0.1) is 0 Å². The van der Waals surface area contributed by atoms with Gasteiger partial charge in [0.2, 0.25) is 15.9 Å². The fraction of sp³-hybridized carbons (Fsp3) is 0.105. The maximum atomic E-state index is 12.6. The minimum Gasteiger partial charge on any atom is -0.497 e. The van der Waals surface area contributed by atoms with Crippen molar-refractivity contribution in [1.82, 2.24) is 10.2 Å². The van der Waals surface area contributed by atoms with E-state index in [0.717, 1.165) is 10.5 Å². The standard InChI is InChI=1S/C19H18N4O5S2/c1-28-14-6-2-12(3-7-14)10-16-18(25)23(19(29)22-16)11-17(24)21-13-4-8-15(9-5-13)30(20,26)27/h2-10H,11H2,1H3,(H,21,24)(H,22,29)(H2,20,26,27). The molecule has 0 radical (unpaired) electrons. The number of benzene rings is 2. The topological polar surface area (TPSA) is 131 Å². The molecule has 1 aliphatic heterocycles. The molecule has 1 fully saturated rings. The summed E-state index contributed by atoms with van der Waals surface area (Å²) >= 11 is 5.16. The van der Waals surface area contributed by atoms with Crippen molar-refractivity contribution in [3.63, 3.8) is 0 Å². The lowest BCUT2D eigenvalue weighted by Crippen LogP contribution is -2.37. The molecule has 1 heterocycles. The highest BCUT2D eigenvalue weighted by molar-refractivity contribution is 7.89. The number of carbonyl (C=O) groups is 2. The number of nitrogens with zero attached hydrogens (tertiary/aromatic N) is 1. The first kappa shape index (κ1) is 21.4. The molecule has 0 aromatic heterocycles. The Morgan fingerprint density at radius 3 is 2.40 bits per heavy atom. The van der Waals surface area contributed by atoms with Gasteiger partial charge in [-0.3, -0.25) is 14.5 Å². The van der Waals surface area contributed by atoms with E-state index in [-0.39, 0.29) is 22.2 Å². The van der Waals surface area contributed by atoms with Crippen molar-refractivity contribution in [2.45, 2.75) is 4.90 Å². The Morgan fingerprint density at radius 2 is 1.83 bits per heavy atom. The monoisotopic (exact) mass is 446 g/mol. The Kier molecular flexibility index (Phi) is 6.15. The molecule has 1 saturated heterocycles. The van der Waals surface area contributed by atoms with Gasteiger partial charge in [0.25, 0.3) is 5.91 Å². The van der Waals surface area contributed by atoms with Crippen LogP contribution in [0.2, 0.25) is 0 Å². The van der Waals surface area contributed by atoms with Crippen LogP contribution in [0.3, 0.4) is 0 Å². The van der Waals surface area contributed by atoms with Crippen LogP contribution in [0.15, 0.2) is 59.1 Å². The van der Waals surface area contributed by atoms with E-state index < -0.39 is 21.8 Å². The fourth-order valence-corrected chi connectivity index (χ4v) is 3.43. The first-order chi connectivity index (χ1) is 14.2. The van der Waals surface area contributed by atoms with E-state index in [0.29, 0.717) is 11.4 Å². The summed E-state index contributed by atoms with van der Waals surface area (Å²) in [4.78, 5) is 26.0. The number of hydrogen-bond donors (Lipinski definition) is 3. The molecule has 4 N–H and O–H groups in total. The van der Waals surface area contributed by atoms with E-state index in [4.69, 9.17) is 22.1 Å². The lowest BCUT2D eigenvalue weighted by molar-refractivity contribution is -0.126. The average molecular weight is 447 g/mol. The summed E-state index contributed by atoms with van der Waals surface area (Å²) < 4.78 is 27.6. The molecule has 0 spiro atoms. The van der Waals surface area contributed by atoms with Crippen molar-refractivity contribution in [2.24, 2.45) is 5.14 Å². The molecule has 2 aromatic rings. The number of ether oxygens (including phenoxy) is 1. The molecule has 0 aliphatic carbocycles. The van der Waals surface area contributed by atoms with Crippen LogP contribution < -0.4 is 20.5 Å². The number of thiocarbonyl (C=S) groups is 1. The predicted molar refractivity (Wildman–Crippen MR) is 115 cm³/mol. The van der Waals surface area contributed by atoms with Gasteiger partial charge < -0.3 is 15.4 Å². The number of nitrogens with two attached hydrogens (primary N) is 1. The minimum absolute atomic E-state index is 0.0751. The molecule has 30 heavy (non-hydrogen) atoms. The summed E-state index contributed by atoms with van der Waals surface area (Å²) in [6.07, 6.45) is 1.62. The molecular formula is C19H18N4O5S2. The third kappa shape index (κ3) is 5.00. The van der Waals surface area contributed by atoms with Crippen LogP contribution in [-0.2, 0) is 19.6 Å². The second-order valence-corrected chi connectivity index (χ2v) is 8.22. The second-order valence-electron chi connectivity index (χ2n) is 6.27. The Balaban J connectivity index is 1.66. The van der Waals surface area contributed by atoms with E-state index in [1.807, 2.05) is 0 Å². The molecule has 156 valence electrons. The minimum atomic E-state index is -3.82. The van der Waals surface area contributed by atoms with Crippen LogP contribution in [0.25, 0.3) is 6.08 Å². The molecular weight excluding hydrogens is 428 g/mol. The molecule has 1 aliphatic rings. The SMILES string of the molecule is COc1ccc(C=C2NC(=S)N(CC(=O)Nc3ccc(S(N)(=O)=O)cc3)C2=O)cc1. The molecule has 0 bridgehead atoms. The smallest absolute Gasteiger partial charge is 0.277 e. The Bertz CT molecular complexity index is 1130. The Morgan fingerprint density at radius 1 is 1.20 bits per heavy atom. The largest absolute Gasteiger partial charge is 0.497 e. The van der Waals surface area contributed by atoms with Crippen LogP contribution in [-0.4, -0.2) is 43.9 Å². The lowest BCUT2D eigenvalue weighted by atomic mass is 10.2. The lowest BCUT2D eigenvalue weighted by Gasteiger charge is -2.14. The van der Waals surface area contributed by atoms with Gasteiger partial charge in [-0.1, -0.05) is 12.1 Å². The summed E-state index contributed by atoms with van der Waals surface area (Å²) in [6, 6.07) is 12.4. The van der Waals surface area contributed by atoms with Crippen LogP contribution in [0.5, 0.6) is 5.75 Å². The number of rotatable bonds is 6. The third-order valence-corrected chi connectivity index (χ3v) is 5.41. The van der Waals surface area contributed by atoms with Gasteiger partial charge in [0.1, 0.15) is 18.0 Å². The van der Waals surface area contributed by atoms with E-state index in [2.05, 4.69) is 10.6 Å². The van der Waals surface area contributed by atoms with Crippen LogP contribution in [0.4, 0.5) is 5.69 Å². The van der Waals surface area contributed by atoms with Crippen molar-refractivity contribution in [3.8, 4) is 5.75 Å². The van der Waals surface area contributed by atoms with E-state index >= 15 is 0 Å². The van der Waals surface area contributed by atoms with Crippen LogP contribution >= 0.6 is 12.2 Å². The molecule has 0 unspecified atom stereocenters. The highest BCUT2D eigenvalue weighted by Crippen LogP contribution is 2.18. The number of hydrogen-bond acceptors (Lipinski definition) is 6. The van der Waals surface area contributed by atoms with Gasteiger partial charge in [-0.25, -0.2) is 13.6 Å². The third-order valence-electron chi connectivity index (χ3n) is 4.16. The molecule has 2 amide bonds. The Labute approximate surface area is 178 Å². The number of carbonyl (C=O) groups excluding carboxylic acids is 2. The maximum absolute atomic E-state index is 12.6. The number of sulfonamides is 1. The first-order valence-electron chi connectivity index (χ1n) is 8.58. The average Bonchev–Trinajstić information content (AvgIpc) is 2.95. The highest BCUT2D eigenvalue weighted by Gasteiger charge is 2.32. The Hall–Kier alpha value is -3.28. The van der Waals surface area contributed by atoms with E-state index in [1.54, 1.807) is 37.5 Å². The zero-order chi connectivity index (χ0) is 21.9. The van der Waals surface area contributed by atoms with Crippen molar-refractivity contribution >= 4 is 50.9 Å². The summed E-state index contributed by atoms with van der Waals surface area (Å²) in [5, 5.41) is 10.5. The zero-order valence-corrected chi connectivity index (χ0v) is 17.4. The summed E-state index contributed by atoms with van der Waals surface area (Å²) in [5.74, 6) is -0.245. The van der Waals surface area contributed by atoms with E-state index in [1.165, 1.54) is 24.3 Å². The van der Waals surface area contributed by atoms with Gasteiger partial charge in [-0.05, 0) is 60.3 Å². The number of anilines is 1. The normalized spacial score (nSPS) is 15.3. The zero-order valence-electron chi connectivity index (χ0n) is 15.8. The quantitative estimate of drug-likeness (QED) is 0.446. The van der Waals surface area contributed by atoms with Gasteiger partial charge in [0, 0.05) is 5.69 Å². The van der Waals surface area contributed by atoms with Gasteiger partial charge in [0.05, 0.1) is 12.0 Å². The summed E-state index contributed by atoms with van der Waals surface area (Å²) in [5.41, 5.74) is 1.36. The predicted octanol–water partition coefficient (Wildman–Crippen LogP) is 1.04. The van der Waals surface area contributed by atoms with Crippen LogP contribution in [0, 0.1) is 0 Å². The summed E-state index contributed by atoms with van der Waals surface area (Å²) in [6.45, 7) is -0.304. The maximum Gasteiger partial charge on any atom is 0.277 e. The molecule has 11 heteroatoms. The first-order valence-corrected chi connectivity index (χ1v) is 10.5.